The van der Waals surface area contributed by atoms with Gasteiger partial charge in [0, 0.05) is 31.1 Å². The van der Waals surface area contributed by atoms with Gasteiger partial charge in [-0.15, -0.1) is 0 Å². The van der Waals surface area contributed by atoms with Gasteiger partial charge in [0.25, 0.3) is 0 Å². The van der Waals surface area contributed by atoms with Crippen molar-refractivity contribution in [2.24, 2.45) is 0 Å². The van der Waals surface area contributed by atoms with Crippen LogP contribution in [0.3, 0.4) is 0 Å². The van der Waals surface area contributed by atoms with Crippen LogP contribution in [0.15, 0.2) is 4.52 Å². The van der Waals surface area contributed by atoms with Gasteiger partial charge in [-0.25, -0.2) is 0 Å². The fourth-order valence-electron chi connectivity index (χ4n) is 3.45. The summed E-state index contributed by atoms with van der Waals surface area (Å²) in [6.07, 6.45) is 3.68. The summed E-state index contributed by atoms with van der Waals surface area (Å²) in [6.45, 7) is 13.3. The van der Waals surface area contributed by atoms with E-state index in [4.69, 9.17) is 9.26 Å². The molecule has 6 nitrogen and oxygen atoms in total. The Morgan fingerprint density at radius 1 is 1.26 bits per heavy atom. The van der Waals surface area contributed by atoms with Gasteiger partial charge in [-0.1, -0.05) is 18.5 Å². The predicted molar refractivity (Wildman–Crippen MR) is 88.3 cm³/mol. The Hall–Kier alpha value is -0.980. The van der Waals surface area contributed by atoms with Gasteiger partial charge in [0.15, 0.2) is 5.82 Å². The molecule has 1 saturated carbocycles. The SMILES string of the molecule is CCN(Cc1noc(C2CCC2)n1)CC(C)(C)N1CCOCC1. The Balaban J connectivity index is 1.57. The van der Waals surface area contributed by atoms with Crippen molar-refractivity contribution in [1.82, 2.24) is 19.9 Å². The standard InChI is InChI=1S/C17H30N4O2/c1-4-20(13-17(2,3)21-8-10-22-11-9-21)12-15-18-16(23-19-15)14-6-5-7-14/h14H,4-13H2,1-3H3. The van der Waals surface area contributed by atoms with Crippen molar-refractivity contribution < 1.29 is 9.26 Å². The number of hydrogen-bond acceptors (Lipinski definition) is 6. The molecule has 0 aromatic carbocycles. The number of morpholine rings is 1. The van der Waals surface area contributed by atoms with Gasteiger partial charge in [0.05, 0.1) is 19.8 Å². The normalized spacial score (nSPS) is 20.9. The highest BCUT2D eigenvalue weighted by Crippen LogP contribution is 2.35. The second kappa shape index (κ2) is 7.28. The Bertz CT molecular complexity index is 493. The zero-order chi connectivity index (χ0) is 16.3. The Labute approximate surface area is 139 Å². The van der Waals surface area contributed by atoms with Crippen molar-refractivity contribution in [1.29, 1.82) is 0 Å². The maximum Gasteiger partial charge on any atom is 0.229 e. The summed E-state index contributed by atoms with van der Waals surface area (Å²) >= 11 is 0. The Morgan fingerprint density at radius 3 is 2.61 bits per heavy atom. The fourth-order valence-corrected chi connectivity index (χ4v) is 3.45. The van der Waals surface area contributed by atoms with E-state index in [0.29, 0.717) is 5.92 Å². The molecule has 3 rings (SSSR count). The van der Waals surface area contributed by atoms with Crippen LogP contribution in [0.2, 0.25) is 0 Å². The van der Waals surface area contributed by atoms with Gasteiger partial charge in [-0.05, 0) is 33.2 Å². The van der Waals surface area contributed by atoms with Crippen LogP contribution in [-0.4, -0.2) is 64.9 Å². The Morgan fingerprint density at radius 2 is 2.00 bits per heavy atom. The second-order valence-electron chi connectivity index (χ2n) is 7.39. The Kier molecular flexibility index (Phi) is 5.34. The van der Waals surface area contributed by atoms with E-state index in [1.54, 1.807) is 0 Å². The van der Waals surface area contributed by atoms with E-state index in [2.05, 4.69) is 40.7 Å². The summed E-state index contributed by atoms with van der Waals surface area (Å²) in [5, 5.41) is 4.19. The minimum absolute atomic E-state index is 0.125. The summed E-state index contributed by atoms with van der Waals surface area (Å²) in [4.78, 5) is 9.54. The molecule has 0 bridgehead atoms. The van der Waals surface area contributed by atoms with Gasteiger partial charge in [0.2, 0.25) is 5.89 Å². The van der Waals surface area contributed by atoms with Crippen LogP contribution in [0.5, 0.6) is 0 Å². The molecular formula is C17H30N4O2. The summed E-state index contributed by atoms with van der Waals surface area (Å²) in [6, 6.07) is 0. The lowest BCUT2D eigenvalue weighted by molar-refractivity contribution is -0.0223. The van der Waals surface area contributed by atoms with Crippen LogP contribution < -0.4 is 0 Å². The smallest absolute Gasteiger partial charge is 0.229 e. The van der Waals surface area contributed by atoms with Crippen LogP contribution in [0.25, 0.3) is 0 Å². The molecule has 1 saturated heterocycles. The number of ether oxygens (including phenoxy) is 1. The van der Waals surface area contributed by atoms with Crippen LogP contribution in [0.4, 0.5) is 0 Å². The van der Waals surface area contributed by atoms with Crippen molar-refractivity contribution in [2.75, 3.05) is 39.4 Å². The number of nitrogens with zero attached hydrogens (tertiary/aromatic N) is 4. The molecule has 0 amide bonds. The van der Waals surface area contributed by atoms with E-state index in [9.17, 15) is 0 Å². The van der Waals surface area contributed by atoms with Crippen molar-refractivity contribution in [3.8, 4) is 0 Å². The van der Waals surface area contributed by atoms with E-state index in [1.165, 1.54) is 19.3 Å². The highest BCUT2D eigenvalue weighted by atomic mass is 16.5. The highest BCUT2D eigenvalue weighted by molar-refractivity contribution is 4.98. The lowest BCUT2D eigenvalue weighted by atomic mass is 9.85. The van der Waals surface area contributed by atoms with E-state index in [0.717, 1.165) is 57.7 Å². The molecule has 1 aromatic heterocycles. The first kappa shape index (κ1) is 16.9. The molecule has 2 heterocycles. The zero-order valence-corrected chi connectivity index (χ0v) is 14.8. The van der Waals surface area contributed by atoms with Crippen molar-refractivity contribution in [3.05, 3.63) is 11.7 Å². The molecule has 0 unspecified atom stereocenters. The first-order valence-electron chi connectivity index (χ1n) is 8.96. The van der Waals surface area contributed by atoms with E-state index >= 15 is 0 Å². The number of likely N-dealkylation sites (N-methyl/N-ethyl adjacent to an activating group) is 1. The third-order valence-electron chi connectivity index (χ3n) is 5.23. The largest absolute Gasteiger partial charge is 0.379 e. The molecule has 1 aliphatic carbocycles. The average molecular weight is 322 g/mol. The van der Waals surface area contributed by atoms with Gasteiger partial charge in [-0.3, -0.25) is 9.80 Å². The van der Waals surface area contributed by atoms with Gasteiger partial charge >= 0.3 is 0 Å². The molecule has 0 N–H and O–H groups in total. The maximum atomic E-state index is 5.48. The summed E-state index contributed by atoms with van der Waals surface area (Å²) in [5.74, 6) is 2.18. The molecule has 6 heteroatoms. The first-order valence-corrected chi connectivity index (χ1v) is 8.96. The molecule has 130 valence electrons. The average Bonchev–Trinajstić information content (AvgIpc) is 2.93. The van der Waals surface area contributed by atoms with Crippen LogP contribution in [-0.2, 0) is 11.3 Å². The second-order valence-corrected chi connectivity index (χ2v) is 7.39. The summed E-state index contributed by atoms with van der Waals surface area (Å²) < 4.78 is 10.9. The molecule has 0 atom stereocenters. The molecule has 23 heavy (non-hydrogen) atoms. The van der Waals surface area contributed by atoms with Crippen molar-refractivity contribution >= 4 is 0 Å². The molecule has 2 fully saturated rings. The number of hydrogen-bond donors (Lipinski definition) is 0. The quantitative estimate of drug-likeness (QED) is 0.767. The predicted octanol–water partition coefficient (Wildman–Crippen LogP) is 2.27. The molecule has 2 aliphatic rings. The van der Waals surface area contributed by atoms with Crippen LogP contribution in [0, 0.1) is 0 Å². The molecule has 1 aromatic rings. The van der Waals surface area contributed by atoms with Gasteiger partial charge in [0.1, 0.15) is 0 Å². The van der Waals surface area contributed by atoms with Crippen molar-refractivity contribution in [2.45, 2.75) is 58.0 Å². The van der Waals surface area contributed by atoms with Gasteiger partial charge < -0.3 is 9.26 Å². The molecule has 0 spiro atoms. The first-order chi connectivity index (χ1) is 11.1. The number of rotatable bonds is 7. The topological polar surface area (TPSA) is 54.6 Å². The van der Waals surface area contributed by atoms with E-state index in [-0.39, 0.29) is 5.54 Å². The molecule has 1 aliphatic heterocycles. The minimum Gasteiger partial charge on any atom is -0.379 e. The minimum atomic E-state index is 0.125. The number of aromatic nitrogens is 2. The fraction of sp³-hybridized carbons (Fsp3) is 0.882. The maximum absolute atomic E-state index is 5.48. The van der Waals surface area contributed by atoms with Crippen molar-refractivity contribution in [3.63, 3.8) is 0 Å². The van der Waals surface area contributed by atoms with Crippen LogP contribution in [0.1, 0.15) is 57.7 Å². The van der Waals surface area contributed by atoms with E-state index < -0.39 is 0 Å². The third-order valence-corrected chi connectivity index (χ3v) is 5.23. The molecule has 0 radical (unpaired) electrons. The third kappa shape index (κ3) is 4.11. The summed E-state index contributed by atoms with van der Waals surface area (Å²) in [7, 11) is 0. The zero-order valence-electron chi connectivity index (χ0n) is 14.8. The molecular weight excluding hydrogens is 292 g/mol. The highest BCUT2D eigenvalue weighted by Gasteiger charge is 2.31. The lowest BCUT2D eigenvalue weighted by Crippen LogP contribution is -2.55. The monoisotopic (exact) mass is 322 g/mol. The van der Waals surface area contributed by atoms with E-state index in [1.807, 2.05) is 0 Å². The van der Waals surface area contributed by atoms with Crippen LogP contribution >= 0.6 is 0 Å². The lowest BCUT2D eigenvalue weighted by Gasteiger charge is -2.43. The van der Waals surface area contributed by atoms with Gasteiger partial charge in [-0.2, -0.15) is 4.98 Å². The summed E-state index contributed by atoms with van der Waals surface area (Å²) in [5.41, 5.74) is 0.125.